The van der Waals surface area contributed by atoms with Gasteiger partial charge >= 0.3 is 6.03 Å². The number of aliphatic imine (C=N–C) groups is 1. The van der Waals surface area contributed by atoms with Crippen molar-refractivity contribution in [2.75, 3.05) is 39.8 Å². The number of amidine groups is 1. The number of benzene rings is 2. The van der Waals surface area contributed by atoms with E-state index in [1.807, 2.05) is 60.4 Å². The average molecular weight is 596 g/mol. The maximum absolute atomic E-state index is 14.5. The third-order valence-electron chi connectivity index (χ3n) is 7.42. The second kappa shape index (κ2) is 12.0. The minimum atomic E-state index is -0.438. The molecule has 216 valence electrons. The first-order chi connectivity index (χ1) is 19.6. The Kier molecular flexibility index (Phi) is 8.55. The van der Waals surface area contributed by atoms with E-state index in [0.717, 1.165) is 24.2 Å². The smallest absolute Gasteiger partial charge is 0.326 e. The number of carbonyl (C=O) groups is 1. The molecular weight excluding hydrogens is 559 g/mol. The first-order valence-corrected chi connectivity index (χ1v) is 14.7. The number of carbonyl (C=O) groups excluding carboxylic acids is 1. The lowest BCUT2D eigenvalue weighted by Crippen LogP contribution is -2.53. The third-order valence-corrected chi connectivity index (χ3v) is 7.92. The molecular formula is C31H36Cl2N6O2. The van der Waals surface area contributed by atoms with Crippen molar-refractivity contribution in [2.24, 2.45) is 4.99 Å². The molecule has 2 aliphatic heterocycles. The second-order valence-electron chi connectivity index (χ2n) is 11.5. The Morgan fingerprint density at radius 3 is 2.10 bits per heavy atom. The second-order valence-corrected chi connectivity index (χ2v) is 12.4. The van der Waals surface area contributed by atoms with E-state index in [1.165, 1.54) is 0 Å². The number of halogens is 2. The molecule has 1 fully saturated rings. The summed E-state index contributed by atoms with van der Waals surface area (Å²) in [5, 5.41) is 1.26. The molecule has 2 aromatic carbocycles. The van der Waals surface area contributed by atoms with Gasteiger partial charge in [0.2, 0.25) is 5.88 Å². The molecule has 41 heavy (non-hydrogen) atoms. The summed E-state index contributed by atoms with van der Waals surface area (Å²) in [6.45, 7) is 11.3. The zero-order chi connectivity index (χ0) is 29.3. The first kappa shape index (κ1) is 29.3. The number of rotatable bonds is 5. The molecule has 3 heterocycles. The Balaban J connectivity index is 1.70. The van der Waals surface area contributed by atoms with Crippen molar-refractivity contribution >= 4 is 35.1 Å². The number of hydrogen-bond acceptors (Lipinski definition) is 6. The molecule has 5 rings (SSSR count). The lowest BCUT2D eigenvalue weighted by molar-refractivity contribution is 0.130. The van der Waals surface area contributed by atoms with Crippen LogP contribution >= 0.6 is 23.2 Å². The van der Waals surface area contributed by atoms with Crippen LogP contribution in [0.15, 0.2) is 59.7 Å². The van der Waals surface area contributed by atoms with E-state index < -0.39 is 12.1 Å². The Hall–Kier alpha value is -3.20. The zero-order valence-electron chi connectivity index (χ0n) is 24.1. The van der Waals surface area contributed by atoms with Gasteiger partial charge < -0.3 is 14.5 Å². The highest BCUT2D eigenvalue weighted by Gasteiger charge is 2.45. The van der Waals surface area contributed by atoms with Gasteiger partial charge in [0.15, 0.2) is 0 Å². The standard InChI is InChI=1S/C31H36Cl2N6O2/c1-6-41-28-24(19-34-29(36-28)31(2,3)4)27-35-25(20-7-11-22(32)12-8-20)26(21-9-13-23(33)14-10-21)39(27)30(40)38-17-15-37(5)16-18-38/h7-14,19,25-26H,6,15-18H2,1-5H3. The Bertz CT molecular complexity index is 1410. The molecule has 1 aromatic heterocycles. The van der Waals surface area contributed by atoms with Crippen LogP contribution < -0.4 is 4.74 Å². The molecule has 3 aromatic rings. The number of amides is 2. The summed E-state index contributed by atoms with van der Waals surface area (Å²) in [5.41, 5.74) is 2.15. The first-order valence-electron chi connectivity index (χ1n) is 13.9. The molecule has 2 unspecified atom stereocenters. The summed E-state index contributed by atoms with van der Waals surface area (Å²) in [6.07, 6.45) is 1.74. The van der Waals surface area contributed by atoms with E-state index >= 15 is 0 Å². The van der Waals surface area contributed by atoms with Crippen LogP contribution in [0.5, 0.6) is 5.88 Å². The summed E-state index contributed by atoms with van der Waals surface area (Å²) in [5.74, 6) is 1.55. The minimum Gasteiger partial charge on any atom is -0.477 e. The molecule has 2 aliphatic rings. The highest BCUT2D eigenvalue weighted by Crippen LogP contribution is 2.45. The molecule has 8 nitrogen and oxygen atoms in total. The molecule has 0 bridgehead atoms. The highest BCUT2D eigenvalue weighted by atomic mass is 35.5. The van der Waals surface area contributed by atoms with E-state index in [-0.39, 0.29) is 11.4 Å². The molecule has 2 amide bonds. The molecule has 10 heteroatoms. The van der Waals surface area contributed by atoms with Crippen LogP contribution in [0.4, 0.5) is 4.79 Å². The molecule has 1 saturated heterocycles. The monoisotopic (exact) mass is 594 g/mol. The van der Waals surface area contributed by atoms with Crippen molar-refractivity contribution in [1.29, 1.82) is 0 Å². The van der Waals surface area contributed by atoms with Gasteiger partial charge in [0.25, 0.3) is 0 Å². The van der Waals surface area contributed by atoms with Crippen LogP contribution in [0.3, 0.4) is 0 Å². The fraction of sp³-hybridized carbons (Fsp3) is 0.419. The van der Waals surface area contributed by atoms with Crippen LogP contribution in [0.1, 0.15) is 62.3 Å². The highest BCUT2D eigenvalue weighted by molar-refractivity contribution is 6.30. The molecule has 0 saturated carbocycles. The summed E-state index contributed by atoms with van der Waals surface area (Å²) >= 11 is 12.5. The number of piperazine rings is 1. The number of likely N-dealkylation sites (N-methyl/N-ethyl adjacent to an activating group) is 1. The van der Waals surface area contributed by atoms with Crippen molar-refractivity contribution in [3.63, 3.8) is 0 Å². The predicted octanol–water partition coefficient (Wildman–Crippen LogP) is 6.39. The van der Waals surface area contributed by atoms with Gasteiger partial charge in [-0.3, -0.25) is 9.89 Å². The van der Waals surface area contributed by atoms with E-state index in [4.69, 9.17) is 42.9 Å². The van der Waals surface area contributed by atoms with Gasteiger partial charge in [0.1, 0.15) is 17.7 Å². The van der Waals surface area contributed by atoms with Gasteiger partial charge in [-0.1, -0.05) is 68.2 Å². The molecule has 0 aliphatic carbocycles. The molecule has 0 N–H and O–H groups in total. The van der Waals surface area contributed by atoms with E-state index in [1.54, 1.807) is 11.1 Å². The van der Waals surface area contributed by atoms with Crippen LogP contribution in [0.2, 0.25) is 10.0 Å². The lowest BCUT2D eigenvalue weighted by Gasteiger charge is -2.38. The van der Waals surface area contributed by atoms with Crippen LogP contribution in [0.25, 0.3) is 0 Å². The van der Waals surface area contributed by atoms with Crippen LogP contribution in [0, 0.1) is 0 Å². The third kappa shape index (κ3) is 6.20. The quantitative estimate of drug-likeness (QED) is 0.342. The summed E-state index contributed by atoms with van der Waals surface area (Å²) in [7, 11) is 2.07. The fourth-order valence-corrected chi connectivity index (χ4v) is 5.38. The van der Waals surface area contributed by atoms with Crippen molar-refractivity contribution in [3.05, 3.63) is 87.3 Å². The van der Waals surface area contributed by atoms with E-state index in [0.29, 0.717) is 52.8 Å². The summed E-state index contributed by atoms with van der Waals surface area (Å²) < 4.78 is 6.06. The normalized spacial score (nSPS) is 19.8. The van der Waals surface area contributed by atoms with Crippen LogP contribution in [-0.4, -0.2) is 76.4 Å². The Morgan fingerprint density at radius 2 is 1.54 bits per heavy atom. The number of nitrogens with zero attached hydrogens (tertiary/aromatic N) is 6. The predicted molar refractivity (Wildman–Crippen MR) is 163 cm³/mol. The van der Waals surface area contributed by atoms with Gasteiger partial charge in [-0.2, -0.15) is 4.98 Å². The van der Waals surface area contributed by atoms with E-state index in [2.05, 4.69) is 32.7 Å². The largest absolute Gasteiger partial charge is 0.477 e. The average Bonchev–Trinajstić information content (AvgIpc) is 3.34. The lowest BCUT2D eigenvalue weighted by atomic mass is 9.93. The number of aromatic nitrogens is 2. The van der Waals surface area contributed by atoms with Gasteiger partial charge in [-0.25, -0.2) is 9.78 Å². The minimum absolute atomic E-state index is 0.115. The van der Waals surface area contributed by atoms with Gasteiger partial charge in [-0.05, 0) is 49.4 Å². The Morgan fingerprint density at radius 1 is 0.951 bits per heavy atom. The maximum atomic E-state index is 14.5. The van der Waals surface area contributed by atoms with Crippen molar-refractivity contribution in [1.82, 2.24) is 24.7 Å². The van der Waals surface area contributed by atoms with Crippen molar-refractivity contribution in [3.8, 4) is 5.88 Å². The van der Waals surface area contributed by atoms with Crippen molar-refractivity contribution in [2.45, 2.75) is 45.2 Å². The summed E-state index contributed by atoms with van der Waals surface area (Å²) in [6, 6.07) is 14.3. The van der Waals surface area contributed by atoms with Crippen LogP contribution in [-0.2, 0) is 5.41 Å². The molecule has 2 atom stereocenters. The SMILES string of the molecule is CCOc1nc(C(C)(C)C)ncc1C1=NC(c2ccc(Cl)cc2)C(c2ccc(Cl)cc2)N1C(=O)N1CCN(C)CC1. The maximum Gasteiger partial charge on any atom is 0.326 e. The van der Waals surface area contributed by atoms with Gasteiger partial charge in [-0.15, -0.1) is 0 Å². The van der Waals surface area contributed by atoms with Crippen molar-refractivity contribution < 1.29 is 9.53 Å². The molecule has 0 radical (unpaired) electrons. The van der Waals surface area contributed by atoms with Gasteiger partial charge in [0.05, 0.1) is 18.2 Å². The Labute approximate surface area is 252 Å². The molecule has 0 spiro atoms. The fourth-order valence-electron chi connectivity index (χ4n) is 5.13. The zero-order valence-corrected chi connectivity index (χ0v) is 25.7. The number of ether oxygens (including phenoxy) is 1. The van der Waals surface area contributed by atoms with E-state index in [9.17, 15) is 4.79 Å². The topological polar surface area (TPSA) is 74.2 Å². The summed E-state index contributed by atoms with van der Waals surface area (Å²) in [4.78, 5) is 35.2. The number of urea groups is 1. The van der Waals surface area contributed by atoms with Gasteiger partial charge in [0, 0.05) is 47.8 Å². The number of hydrogen-bond donors (Lipinski definition) is 0.